The first-order valence-corrected chi connectivity index (χ1v) is 22.7. The minimum absolute atomic E-state index is 0.0693. The van der Waals surface area contributed by atoms with Crippen LogP contribution in [-0.4, -0.2) is 38.3 Å². The van der Waals surface area contributed by atoms with Crippen LogP contribution in [0.3, 0.4) is 0 Å². The lowest BCUT2D eigenvalue weighted by Crippen LogP contribution is -2.42. The molecule has 1 saturated heterocycles. The highest BCUT2D eigenvalue weighted by Gasteiger charge is 2.43. The van der Waals surface area contributed by atoms with Crippen molar-refractivity contribution in [2.24, 2.45) is 0 Å². The summed E-state index contributed by atoms with van der Waals surface area (Å²) in [5.41, 5.74) is 4.25. The van der Waals surface area contributed by atoms with Crippen LogP contribution in [0, 0.1) is 6.92 Å². The maximum atomic E-state index is 14.6. The summed E-state index contributed by atoms with van der Waals surface area (Å²) in [4.78, 5) is 28.3. The van der Waals surface area contributed by atoms with Crippen LogP contribution in [0.15, 0.2) is 213 Å². The minimum Gasteiger partial charge on any atom is -0.367 e. The number of hydrogen-bond donors (Lipinski definition) is 0. The van der Waals surface area contributed by atoms with E-state index in [0.29, 0.717) is 28.5 Å². The molecule has 0 radical (unpaired) electrons. The highest BCUT2D eigenvalue weighted by molar-refractivity contribution is 5.96. The zero-order valence-corrected chi connectivity index (χ0v) is 37.2. The van der Waals surface area contributed by atoms with E-state index in [1.807, 2.05) is 127 Å². The van der Waals surface area contributed by atoms with E-state index in [9.17, 15) is 9.59 Å². The molecule has 0 spiro atoms. The lowest BCUT2D eigenvalue weighted by atomic mass is 9.80. The molecule has 0 aliphatic carbocycles. The molecule has 11 rings (SSSR count). The van der Waals surface area contributed by atoms with Gasteiger partial charge in [0.1, 0.15) is 35.9 Å². The smallest absolute Gasteiger partial charge is 0.333 e. The van der Waals surface area contributed by atoms with Gasteiger partial charge in [0.15, 0.2) is 11.5 Å². The normalized spacial score (nSPS) is 16.2. The first-order valence-electron chi connectivity index (χ1n) is 22.7. The predicted octanol–water partition coefficient (Wildman–Crippen LogP) is 10.9. The fourth-order valence-electron chi connectivity index (χ4n) is 9.54. The molecule has 0 N–H and O–H groups in total. The van der Waals surface area contributed by atoms with Crippen molar-refractivity contribution in [2.75, 3.05) is 6.61 Å². The van der Waals surface area contributed by atoms with Gasteiger partial charge in [0.2, 0.25) is 0 Å². The van der Waals surface area contributed by atoms with E-state index in [4.69, 9.17) is 23.3 Å². The molecule has 3 aromatic heterocycles. The molecule has 336 valence electrons. The third kappa shape index (κ3) is 8.06. The van der Waals surface area contributed by atoms with Crippen molar-refractivity contribution in [3.8, 4) is 22.5 Å². The molecule has 11 nitrogen and oxygen atoms in total. The number of aromatic nitrogens is 4. The third-order valence-corrected chi connectivity index (χ3v) is 12.9. The largest absolute Gasteiger partial charge is 0.367 e. The molecular weight excluding hydrogens is 853 g/mol. The average molecular weight is 899 g/mol. The fourth-order valence-corrected chi connectivity index (χ4v) is 9.54. The standard InChI is InChI=1S/C57H46N4O7/c1-38-34-60(56(63)61(55(38)62)35-44-31-50(58-67-44)48-29-15-19-39-17-11-13-27-46(39)48)54-33-52(64-36-45-32-51(59-68-45)49-30-16-20-40-18-12-14-28-47(40)49)53(66-54)37-65-57(41-21-5-2-6-22-41,42-23-7-3-8-24-42)43-25-9-4-10-26-43/h2-32,34,52-54H,33,35-37H2,1H3/t52-,53+,54+/m0/s1. The minimum atomic E-state index is -1.04. The quantitative estimate of drug-likeness (QED) is 0.0981. The molecule has 1 fully saturated rings. The molecular formula is C57H46N4O7. The number of rotatable bonds is 14. The van der Waals surface area contributed by atoms with E-state index >= 15 is 0 Å². The van der Waals surface area contributed by atoms with Gasteiger partial charge in [-0.1, -0.05) is 186 Å². The Bertz CT molecular complexity index is 3380. The van der Waals surface area contributed by atoms with Gasteiger partial charge in [0.25, 0.3) is 5.56 Å². The Balaban J connectivity index is 0.924. The summed E-state index contributed by atoms with van der Waals surface area (Å²) in [5, 5.41) is 13.0. The predicted molar refractivity (Wildman–Crippen MR) is 260 cm³/mol. The van der Waals surface area contributed by atoms with Gasteiger partial charge in [-0.3, -0.25) is 13.9 Å². The Morgan fingerprint density at radius 3 is 1.69 bits per heavy atom. The van der Waals surface area contributed by atoms with Gasteiger partial charge in [0.05, 0.1) is 19.3 Å². The molecule has 0 bridgehead atoms. The maximum Gasteiger partial charge on any atom is 0.333 e. The van der Waals surface area contributed by atoms with E-state index in [1.165, 1.54) is 9.13 Å². The van der Waals surface area contributed by atoms with Crippen LogP contribution in [0.1, 0.15) is 46.4 Å². The van der Waals surface area contributed by atoms with Crippen molar-refractivity contribution in [2.45, 2.75) is 50.5 Å². The molecule has 7 aromatic carbocycles. The van der Waals surface area contributed by atoms with Crippen LogP contribution >= 0.6 is 0 Å². The van der Waals surface area contributed by atoms with Crippen LogP contribution in [0.5, 0.6) is 0 Å². The molecule has 0 amide bonds. The van der Waals surface area contributed by atoms with Gasteiger partial charge in [0, 0.05) is 41.4 Å². The van der Waals surface area contributed by atoms with Crippen LogP contribution < -0.4 is 11.2 Å². The first-order chi connectivity index (χ1) is 33.4. The highest BCUT2D eigenvalue weighted by Crippen LogP contribution is 2.42. The van der Waals surface area contributed by atoms with E-state index in [-0.39, 0.29) is 26.2 Å². The number of hydrogen-bond acceptors (Lipinski definition) is 9. The van der Waals surface area contributed by atoms with Gasteiger partial charge in [-0.2, -0.15) is 0 Å². The SMILES string of the molecule is Cc1cn([C@H]2C[C@H](OCc3cc(-c4cccc5ccccc45)no3)[C@@H](COC(c3ccccc3)(c3ccccc3)c3ccccc3)O2)c(=O)n(Cc2cc(-c3cccc4ccccc34)no2)c1=O. The van der Waals surface area contributed by atoms with Crippen molar-refractivity contribution in [1.82, 2.24) is 19.4 Å². The zero-order chi connectivity index (χ0) is 46.0. The lowest BCUT2D eigenvalue weighted by molar-refractivity contribution is -0.108. The van der Waals surface area contributed by atoms with Gasteiger partial charge >= 0.3 is 5.69 Å². The Morgan fingerprint density at radius 1 is 0.618 bits per heavy atom. The van der Waals surface area contributed by atoms with Gasteiger partial charge in [-0.25, -0.2) is 4.79 Å². The first kappa shape index (κ1) is 42.7. The lowest BCUT2D eigenvalue weighted by Gasteiger charge is -2.37. The molecule has 3 atom stereocenters. The average Bonchev–Trinajstić information content (AvgIpc) is 4.17. The van der Waals surface area contributed by atoms with E-state index in [1.54, 1.807) is 19.2 Å². The summed E-state index contributed by atoms with van der Waals surface area (Å²) in [5.74, 6) is 0.887. The third-order valence-electron chi connectivity index (χ3n) is 12.9. The summed E-state index contributed by atoms with van der Waals surface area (Å²) in [6.07, 6.45) is -0.271. The number of fused-ring (bicyclic) bond motifs is 2. The second kappa shape index (κ2) is 18.4. The Labute approximate surface area is 391 Å². The number of aryl methyl sites for hydroxylation is 1. The zero-order valence-electron chi connectivity index (χ0n) is 37.2. The molecule has 68 heavy (non-hydrogen) atoms. The molecule has 0 saturated carbocycles. The molecule has 10 aromatic rings. The van der Waals surface area contributed by atoms with E-state index < -0.39 is 35.3 Å². The van der Waals surface area contributed by atoms with Crippen molar-refractivity contribution < 1.29 is 23.3 Å². The van der Waals surface area contributed by atoms with Crippen LogP contribution in [0.25, 0.3) is 44.1 Å². The summed E-state index contributed by atoms with van der Waals surface area (Å²) in [6, 6.07) is 62.3. The van der Waals surface area contributed by atoms with Crippen LogP contribution in [-0.2, 0) is 33.0 Å². The molecule has 1 aliphatic heterocycles. The van der Waals surface area contributed by atoms with Crippen molar-refractivity contribution in [1.29, 1.82) is 0 Å². The van der Waals surface area contributed by atoms with Gasteiger partial charge < -0.3 is 23.3 Å². The molecule has 4 heterocycles. The van der Waals surface area contributed by atoms with Crippen LogP contribution in [0.4, 0.5) is 0 Å². The summed E-state index contributed by atoms with van der Waals surface area (Å²) < 4.78 is 35.2. The molecule has 11 heteroatoms. The maximum absolute atomic E-state index is 14.6. The van der Waals surface area contributed by atoms with Crippen molar-refractivity contribution in [3.05, 3.63) is 249 Å². The Morgan fingerprint density at radius 2 is 1.12 bits per heavy atom. The Hall–Kier alpha value is -7.96. The second-order valence-corrected chi connectivity index (χ2v) is 17.1. The van der Waals surface area contributed by atoms with Crippen LogP contribution in [0.2, 0.25) is 0 Å². The molecule has 0 unspecified atom stereocenters. The summed E-state index contributed by atoms with van der Waals surface area (Å²) in [7, 11) is 0. The molecule has 1 aliphatic rings. The van der Waals surface area contributed by atoms with Crippen molar-refractivity contribution in [3.63, 3.8) is 0 Å². The number of nitrogens with zero attached hydrogens (tertiary/aromatic N) is 4. The second-order valence-electron chi connectivity index (χ2n) is 17.1. The summed E-state index contributed by atoms with van der Waals surface area (Å²) >= 11 is 0. The van der Waals surface area contributed by atoms with Crippen molar-refractivity contribution >= 4 is 21.5 Å². The summed E-state index contributed by atoms with van der Waals surface area (Å²) in [6.45, 7) is 1.70. The van der Waals surface area contributed by atoms with E-state index in [0.717, 1.165) is 49.4 Å². The number of ether oxygens (including phenoxy) is 3. The van der Waals surface area contributed by atoms with Gasteiger partial charge in [-0.05, 0) is 45.2 Å². The Kier molecular flexibility index (Phi) is 11.5. The fraction of sp³-hybridized carbons (Fsp3) is 0.158. The monoisotopic (exact) mass is 898 g/mol. The topological polar surface area (TPSA) is 124 Å². The highest BCUT2D eigenvalue weighted by atomic mass is 16.6. The van der Waals surface area contributed by atoms with Gasteiger partial charge in [-0.15, -0.1) is 0 Å². The number of benzene rings is 7. The van der Waals surface area contributed by atoms with E-state index in [2.05, 4.69) is 64.9 Å².